The topological polar surface area (TPSA) is 54.4 Å². The molecular weight excluding hydrogens is 154 g/mol. The van der Waals surface area contributed by atoms with Crippen molar-refractivity contribution in [2.45, 2.75) is 6.92 Å². The van der Waals surface area contributed by atoms with Gasteiger partial charge in [-0.25, -0.2) is 5.43 Å². The molecule has 0 unspecified atom stereocenters. The number of rotatable bonds is 2. The van der Waals surface area contributed by atoms with Crippen molar-refractivity contribution in [1.82, 2.24) is 10.4 Å². The summed E-state index contributed by atoms with van der Waals surface area (Å²) in [5, 5.41) is 3.60. The maximum atomic E-state index is 11.2. The molecule has 4 heteroatoms. The number of nitrogens with one attached hydrogen (secondary N) is 1. The van der Waals surface area contributed by atoms with Crippen LogP contribution in [0.4, 0.5) is 0 Å². The highest BCUT2D eigenvalue weighted by molar-refractivity contribution is 5.94. The van der Waals surface area contributed by atoms with E-state index in [0.717, 1.165) is 0 Å². The van der Waals surface area contributed by atoms with Gasteiger partial charge in [-0.2, -0.15) is 5.10 Å². The summed E-state index contributed by atoms with van der Waals surface area (Å²) >= 11 is 0. The number of aromatic nitrogens is 1. The van der Waals surface area contributed by atoms with Gasteiger partial charge < -0.3 is 0 Å². The van der Waals surface area contributed by atoms with Gasteiger partial charge in [-0.3, -0.25) is 9.78 Å². The van der Waals surface area contributed by atoms with Crippen LogP contribution in [0.3, 0.4) is 0 Å². The Bertz CT molecular complexity index is 282. The molecule has 0 saturated heterocycles. The number of carbonyl (C=O) groups excluding carboxylic acids is 1. The number of hydrazone groups is 1. The molecule has 0 aliphatic carbocycles. The lowest BCUT2D eigenvalue weighted by atomic mass is 10.3. The van der Waals surface area contributed by atoms with E-state index in [2.05, 4.69) is 15.5 Å². The number of pyridine rings is 1. The summed E-state index contributed by atoms with van der Waals surface area (Å²) in [5.74, 6) is -0.226. The first-order chi connectivity index (χ1) is 5.84. The van der Waals surface area contributed by atoms with E-state index < -0.39 is 0 Å². The molecule has 1 aromatic heterocycles. The Morgan fingerprint density at radius 3 is 2.83 bits per heavy atom. The minimum atomic E-state index is -0.226. The summed E-state index contributed by atoms with van der Waals surface area (Å²) in [6.45, 7) is 1.73. The molecule has 1 amide bonds. The number of hydrogen-bond acceptors (Lipinski definition) is 3. The van der Waals surface area contributed by atoms with Crippen molar-refractivity contribution >= 4 is 12.1 Å². The Kier molecular flexibility index (Phi) is 2.95. The molecule has 0 aliphatic heterocycles. The van der Waals surface area contributed by atoms with Gasteiger partial charge in [0.2, 0.25) is 0 Å². The molecule has 0 spiro atoms. The number of hydrogen-bond donors (Lipinski definition) is 1. The zero-order valence-corrected chi connectivity index (χ0v) is 6.69. The maximum absolute atomic E-state index is 11.2. The second-order valence-corrected chi connectivity index (χ2v) is 2.06. The van der Waals surface area contributed by atoms with Gasteiger partial charge in [0.1, 0.15) is 0 Å². The van der Waals surface area contributed by atoms with Gasteiger partial charge >= 0.3 is 0 Å². The van der Waals surface area contributed by atoms with Crippen LogP contribution in [0.15, 0.2) is 29.6 Å². The third-order valence-electron chi connectivity index (χ3n) is 1.24. The molecule has 1 rings (SSSR count). The summed E-state index contributed by atoms with van der Waals surface area (Å²) < 4.78 is 0. The van der Waals surface area contributed by atoms with Crippen LogP contribution in [0.25, 0.3) is 0 Å². The SMILES string of the molecule is C/C=N/NC(=O)c1ccncc1. The molecule has 1 heterocycles. The second-order valence-electron chi connectivity index (χ2n) is 2.06. The van der Waals surface area contributed by atoms with E-state index in [9.17, 15) is 4.79 Å². The predicted molar refractivity (Wildman–Crippen MR) is 45.9 cm³/mol. The number of amides is 1. The van der Waals surface area contributed by atoms with Gasteiger partial charge in [-0.1, -0.05) is 0 Å². The van der Waals surface area contributed by atoms with Crippen LogP contribution in [-0.4, -0.2) is 17.1 Å². The van der Waals surface area contributed by atoms with E-state index in [0.29, 0.717) is 5.56 Å². The molecule has 0 saturated carbocycles. The summed E-state index contributed by atoms with van der Waals surface area (Å²) in [6.07, 6.45) is 4.63. The lowest BCUT2D eigenvalue weighted by molar-refractivity contribution is 0.0955. The molecule has 0 bridgehead atoms. The largest absolute Gasteiger partial charge is 0.271 e. The van der Waals surface area contributed by atoms with Gasteiger partial charge in [-0.05, 0) is 19.1 Å². The summed E-state index contributed by atoms with van der Waals surface area (Å²) in [5.41, 5.74) is 2.90. The molecule has 0 fully saturated rings. The minimum Gasteiger partial charge on any atom is -0.267 e. The first-order valence-corrected chi connectivity index (χ1v) is 3.52. The summed E-state index contributed by atoms with van der Waals surface area (Å²) in [4.78, 5) is 14.9. The number of nitrogens with zero attached hydrogens (tertiary/aromatic N) is 2. The van der Waals surface area contributed by atoms with E-state index in [1.54, 1.807) is 31.5 Å². The molecule has 0 radical (unpaired) electrons. The zero-order chi connectivity index (χ0) is 8.81. The highest BCUT2D eigenvalue weighted by atomic mass is 16.2. The van der Waals surface area contributed by atoms with Crippen LogP contribution < -0.4 is 5.43 Å². The van der Waals surface area contributed by atoms with Crippen molar-refractivity contribution in [3.63, 3.8) is 0 Å². The highest BCUT2D eigenvalue weighted by Crippen LogP contribution is 1.94. The monoisotopic (exact) mass is 163 g/mol. The fraction of sp³-hybridized carbons (Fsp3) is 0.125. The van der Waals surface area contributed by atoms with Crippen molar-refractivity contribution < 1.29 is 4.79 Å². The Labute approximate surface area is 70.3 Å². The lowest BCUT2D eigenvalue weighted by Gasteiger charge is -1.96. The van der Waals surface area contributed by atoms with Crippen LogP contribution in [0, 0.1) is 0 Å². The second kappa shape index (κ2) is 4.23. The van der Waals surface area contributed by atoms with Crippen LogP contribution in [0.1, 0.15) is 17.3 Å². The van der Waals surface area contributed by atoms with Crippen molar-refractivity contribution in [2.75, 3.05) is 0 Å². The van der Waals surface area contributed by atoms with Gasteiger partial charge in [0, 0.05) is 24.2 Å². The van der Waals surface area contributed by atoms with Crippen LogP contribution in [-0.2, 0) is 0 Å². The smallest absolute Gasteiger partial charge is 0.267 e. The van der Waals surface area contributed by atoms with Crippen molar-refractivity contribution in [2.24, 2.45) is 5.10 Å². The quantitative estimate of drug-likeness (QED) is 0.518. The highest BCUT2D eigenvalue weighted by Gasteiger charge is 2.00. The van der Waals surface area contributed by atoms with E-state index in [4.69, 9.17) is 0 Å². The third kappa shape index (κ3) is 2.16. The van der Waals surface area contributed by atoms with Crippen LogP contribution >= 0.6 is 0 Å². The minimum absolute atomic E-state index is 0.226. The normalized spacial score (nSPS) is 10.1. The average Bonchev–Trinajstić information content (AvgIpc) is 2.15. The summed E-state index contributed by atoms with van der Waals surface area (Å²) in [6, 6.07) is 3.25. The number of carbonyl (C=O) groups is 1. The van der Waals surface area contributed by atoms with Crippen molar-refractivity contribution in [3.8, 4) is 0 Å². The standard InChI is InChI=1S/C8H9N3O/c1-2-10-11-8(12)7-3-5-9-6-4-7/h2-6H,1H3,(H,11,12)/b10-2+. The van der Waals surface area contributed by atoms with E-state index in [1.807, 2.05) is 0 Å². The predicted octanol–water partition coefficient (Wildman–Crippen LogP) is 0.817. The maximum Gasteiger partial charge on any atom is 0.271 e. The Balaban J connectivity index is 2.66. The molecule has 62 valence electrons. The first kappa shape index (κ1) is 8.39. The fourth-order valence-electron chi connectivity index (χ4n) is 0.691. The molecule has 0 aliphatic rings. The Morgan fingerprint density at radius 2 is 2.25 bits per heavy atom. The van der Waals surface area contributed by atoms with Crippen LogP contribution in [0.5, 0.6) is 0 Å². The van der Waals surface area contributed by atoms with Crippen LogP contribution in [0.2, 0.25) is 0 Å². The zero-order valence-electron chi connectivity index (χ0n) is 6.69. The molecule has 12 heavy (non-hydrogen) atoms. The van der Waals surface area contributed by atoms with E-state index in [1.165, 1.54) is 6.21 Å². The van der Waals surface area contributed by atoms with Gasteiger partial charge in [0.15, 0.2) is 0 Å². The molecule has 4 nitrogen and oxygen atoms in total. The van der Waals surface area contributed by atoms with Gasteiger partial charge in [-0.15, -0.1) is 0 Å². The fourth-order valence-corrected chi connectivity index (χ4v) is 0.691. The summed E-state index contributed by atoms with van der Waals surface area (Å²) in [7, 11) is 0. The molecule has 0 atom stereocenters. The third-order valence-corrected chi connectivity index (χ3v) is 1.24. The van der Waals surface area contributed by atoms with E-state index in [-0.39, 0.29) is 5.91 Å². The molecule has 0 aromatic carbocycles. The van der Waals surface area contributed by atoms with Crippen molar-refractivity contribution in [1.29, 1.82) is 0 Å². The lowest BCUT2D eigenvalue weighted by Crippen LogP contribution is -2.16. The average molecular weight is 163 g/mol. The molecule has 1 N–H and O–H groups in total. The van der Waals surface area contributed by atoms with Gasteiger partial charge in [0.05, 0.1) is 0 Å². The first-order valence-electron chi connectivity index (χ1n) is 3.52. The van der Waals surface area contributed by atoms with E-state index >= 15 is 0 Å². The van der Waals surface area contributed by atoms with Crippen molar-refractivity contribution in [3.05, 3.63) is 30.1 Å². The Morgan fingerprint density at radius 1 is 1.58 bits per heavy atom. The Hall–Kier alpha value is -1.71. The molecule has 1 aromatic rings. The van der Waals surface area contributed by atoms with Gasteiger partial charge in [0.25, 0.3) is 5.91 Å². The molecular formula is C8H9N3O.